The van der Waals surface area contributed by atoms with Gasteiger partial charge in [0.25, 0.3) is 0 Å². The summed E-state index contributed by atoms with van der Waals surface area (Å²) in [4.78, 5) is 57.8. The lowest BCUT2D eigenvalue weighted by Gasteiger charge is -2.43. The summed E-state index contributed by atoms with van der Waals surface area (Å²) in [6.45, 7) is 14.9. The number of aromatic nitrogens is 4. The highest BCUT2D eigenvalue weighted by molar-refractivity contribution is 8.72. The third-order valence-electron chi connectivity index (χ3n) is 18.6. The summed E-state index contributed by atoms with van der Waals surface area (Å²) >= 11 is 0. The molecule has 2 amide bonds. The Balaban J connectivity index is 0.622. The van der Waals surface area contributed by atoms with Crippen LogP contribution in [0.15, 0.2) is 83.5 Å². The normalized spacial score (nSPS) is 23.9. The maximum Gasteiger partial charge on any atom is 0.508 e. The zero-order valence-corrected chi connectivity index (χ0v) is 53.1. The number of rotatable bonds is 21. The molecule has 6 unspecified atom stereocenters. The fourth-order valence-electron chi connectivity index (χ4n) is 13.6. The second-order valence-corrected chi connectivity index (χ2v) is 30.0. The van der Waals surface area contributed by atoms with E-state index in [-0.39, 0.29) is 60.9 Å². The number of aromatic hydroxyl groups is 1. The van der Waals surface area contributed by atoms with Crippen LogP contribution in [-0.4, -0.2) is 174 Å². The minimum Gasteiger partial charge on any atom is -0.507 e. The van der Waals surface area contributed by atoms with E-state index >= 15 is 0 Å². The Kier molecular flexibility index (Phi) is 19.4. The van der Waals surface area contributed by atoms with E-state index in [1.165, 1.54) is 4.90 Å². The van der Waals surface area contributed by atoms with Gasteiger partial charge in [0.15, 0.2) is 26.3 Å². The second-order valence-electron chi connectivity index (χ2n) is 25.3. The van der Waals surface area contributed by atoms with Gasteiger partial charge in [0.05, 0.1) is 53.1 Å². The predicted molar refractivity (Wildman–Crippen MR) is 337 cm³/mol. The molecular weight excluding hydrogens is 1180 g/mol. The number of nitrogens with zero attached hydrogens (tertiary/aromatic N) is 10. The van der Waals surface area contributed by atoms with Gasteiger partial charge in [-0.25, -0.2) is 18.2 Å². The number of nitrogens with one attached hydrogen (secondary N) is 1. The maximum absolute atomic E-state index is 14.8. The van der Waals surface area contributed by atoms with Crippen molar-refractivity contribution < 1.29 is 51.4 Å². The molecule has 0 radical (unpaired) electrons. The first kappa shape index (κ1) is 63.2. The predicted octanol–water partition coefficient (Wildman–Crippen LogP) is 8.06. The minimum absolute atomic E-state index is 0.00583. The minimum atomic E-state index is -3.41. The second kappa shape index (κ2) is 27.4. The molecule has 0 spiro atoms. The molecule has 23 nitrogen and oxygen atoms in total. The number of piperazine rings is 1. The standard InChI is InChI=1S/C64H82N12O11S2/c1-38(2)60(63(79)75-37-51(86-64(80)83-40(4)41(5)88-89(6,81)82)30-55(75)62(78)68-39(3)44-13-11-42(33-65)12-14-44)57-32-58(71-87-57)73-25-18-43(19-26-73)34-72-23-20-48(21-24-72)84-49-28-50(29-49)85-59-27-45(17-22-67-59)76-46-15-16-47(76)36-74(35-46)54-31-53(69-70-61(54)66)52-9-7-8-10-56(52)77/h7-14,17,22,27,31-32,38-41,43,46-51,55,60,77H,15-16,18-21,23-26,28-30,34-37H2,1-6H3,(H2,66,70)(H,68,78)/t39?,40?,41?,46?,47?,49-,50-,51-,55+,60?/m1/s1. The Morgan fingerprint density at radius 1 is 0.843 bits per heavy atom. The van der Waals surface area contributed by atoms with Crippen LogP contribution >= 0.6 is 10.8 Å². The van der Waals surface area contributed by atoms with E-state index in [2.05, 4.69) is 63.5 Å². The fraction of sp³-hybridized carbons (Fsp3) is 0.562. The van der Waals surface area contributed by atoms with Gasteiger partial charge in [0.1, 0.15) is 36.0 Å². The maximum atomic E-state index is 14.8. The van der Waals surface area contributed by atoms with Crippen molar-refractivity contribution >= 4 is 60.6 Å². The van der Waals surface area contributed by atoms with Gasteiger partial charge in [0.2, 0.25) is 17.7 Å². The lowest BCUT2D eigenvalue weighted by Crippen LogP contribution is -2.54. The van der Waals surface area contributed by atoms with Gasteiger partial charge in [-0.15, -0.1) is 10.2 Å². The Hall–Kier alpha value is -7.40. The molecule has 11 rings (SSSR count). The quantitative estimate of drug-likeness (QED) is 0.0462. The van der Waals surface area contributed by atoms with Crippen LogP contribution in [0.4, 0.5) is 27.8 Å². The summed E-state index contributed by atoms with van der Waals surface area (Å²) in [5, 5.41) is 35.3. The van der Waals surface area contributed by atoms with Crippen molar-refractivity contribution in [1.82, 2.24) is 35.5 Å². The van der Waals surface area contributed by atoms with Gasteiger partial charge in [-0.3, -0.25) is 9.59 Å². The number of piperidine rings is 2. The number of hydrogen-bond donors (Lipinski definition) is 3. The summed E-state index contributed by atoms with van der Waals surface area (Å²) in [5.74, 6) is 0.832. The highest BCUT2D eigenvalue weighted by atomic mass is 33.1. The molecule has 1 aliphatic carbocycles. The van der Waals surface area contributed by atoms with Crippen molar-refractivity contribution in [3.8, 4) is 29.0 Å². The fourth-order valence-corrected chi connectivity index (χ4v) is 16.5. The number of phenols is 1. The molecule has 8 heterocycles. The molecule has 5 aromatic rings. The topological polar surface area (TPSA) is 285 Å². The number of carbonyl (C=O) groups is 3. The number of likely N-dealkylation sites (tertiary alicyclic amines) is 2. The van der Waals surface area contributed by atoms with Gasteiger partial charge in [-0.1, -0.05) is 43.3 Å². The zero-order valence-electron chi connectivity index (χ0n) is 51.4. The Labute approximate surface area is 524 Å². The highest BCUT2D eigenvalue weighted by Gasteiger charge is 2.47. The molecule has 5 saturated heterocycles. The molecule has 8 atom stereocenters. The number of nitriles is 1. The molecule has 2 aromatic carbocycles. The summed E-state index contributed by atoms with van der Waals surface area (Å²) in [6.07, 6.45) is 8.39. The van der Waals surface area contributed by atoms with Gasteiger partial charge in [-0.05, 0) is 124 Å². The van der Waals surface area contributed by atoms with Gasteiger partial charge in [0, 0.05) is 113 Å². The van der Waals surface area contributed by atoms with E-state index in [1.54, 1.807) is 50.2 Å². The van der Waals surface area contributed by atoms with Crippen LogP contribution in [0.1, 0.15) is 121 Å². The number of benzene rings is 2. The van der Waals surface area contributed by atoms with E-state index < -0.39 is 56.4 Å². The number of hydrogen-bond acceptors (Lipinski definition) is 22. The van der Waals surface area contributed by atoms with Gasteiger partial charge in [-0.2, -0.15) is 5.26 Å². The average Bonchev–Trinajstić information content (AvgIpc) is 1.74. The lowest BCUT2D eigenvalue weighted by molar-refractivity contribution is -0.141. The van der Waals surface area contributed by atoms with Crippen molar-refractivity contribution in [1.29, 1.82) is 5.26 Å². The van der Waals surface area contributed by atoms with Crippen LogP contribution in [0.3, 0.4) is 0 Å². The van der Waals surface area contributed by atoms with E-state index in [0.29, 0.717) is 56.8 Å². The van der Waals surface area contributed by atoms with Crippen molar-refractivity contribution in [3.05, 3.63) is 95.9 Å². The number of carbonyl (C=O) groups excluding carboxylic acids is 3. The van der Waals surface area contributed by atoms with E-state index in [9.17, 15) is 33.2 Å². The van der Waals surface area contributed by atoms with Crippen LogP contribution in [0.5, 0.6) is 11.6 Å². The number of amides is 2. The molecule has 6 fully saturated rings. The number of nitrogen functional groups attached to an aromatic ring is 1. The number of anilines is 4. The lowest BCUT2D eigenvalue weighted by atomic mass is 9.91. The van der Waals surface area contributed by atoms with Crippen molar-refractivity contribution in [2.24, 2.45) is 11.8 Å². The zero-order chi connectivity index (χ0) is 62.7. The Morgan fingerprint density at radius 2 is 1.56 bits per heavy atom. The van der Waals surface area contributed by atoms with Crippen molar-refractivity contribution in [3.63, 3.8) is 0 Å². The molecule has 89 heavy (non-hydrogen) atoms. The molecule has 6 aliphatic rings. The van der Waals surface area contributed by atoms with Crippen LogP contribution in [0.25, 0.3) is 11.3 Å². The molecule has 2 bridgehead atoms. The van der Waals surface area contributed by atoms with Crippen molar-refractivity contribution in [2.45, 2.75) is 158 Å². The Bertz CT molecular complexity index is 3440. The van der Waals surface area contributed by atoms with Crippen LogP contribution in [0.2, 0.25) is 0 Å². The number of pyridine rings is 1. The van der Waals surface area contributed by atoms with E-state index in [1.807, 2.05) is 51.2 Å². The van der Waals surface area contributed by atoms with Gasteiger partial charge < -0.3 is 64.1 Å². The largest absolute Gasteiger partial charge is 0.508 e. The first-order chi connectivity index (χ1) is 42.7. The molecule has 5 aliphatic heterocycles. The number of para-hydroxylation sites is 1. The summed E-state index contributed by atoms with van der Waals surface area (Å²) in [5.41, 5.74) is 10.8. The number of ether oxygens (including phenoxy) is 4. The van der Waals surface area contributed by atoms with Gasteiger partial charge >= 0.3 is 6.16 Å². The summed E-state index contributed by atoms with van der Waals surface area (Å²) in [6, 6.07) is 23.1. The molecule has 476 valence electrons. The first-order valence-electron chi connectivity index (χ1n) is 31.3. The average molecular weight is 1260 g/mol. The molecule has 25 heteroatoms. The van der Waals surface area contributed by atoms with Crippen LogP contribution < -0.4 is 30.5 Å². The monoisotopic (exact) mass is 1260 g/mol. The van der Waals surface area contributed by atoms with E-state index in [0.717, 1.165) is 120 Å². The highest BCUT2D eigenvalue weighted by Crippen LogP contribution is 2.41. The SMILES string of the molecule is CC(NC(=O)[C@@H]1C[C@@H](OC(=O)OC(C)C(C)SS(C)(=O)=O)CN1C(=O)C(c1cc(N2CCC(CN3CCC(O[C@H]4C[C@H](Oc5cc(N6C7CCC6CN(c6cc(-c8ccccc8O)nnc6N)C7)ccn5)C4)CC3)CC2)no1)C(C)C)c1ccc(C#N)cc1. The third kappa shape index (κ3) is 15.1. The smallest absolute Gasteiger partial charge is 0.507 e. The Morgan fingerprint density at radius 3 is 2.25 bits per heavy atom. The molecule has 1 saturated carbocycles. The van der Waals surface area contributed by atoms with Crippen LogP contribution in [-0.2, 0) is 32.7 Å². The van der Waals surface area contributed by atoms with E-state index in [4.69, 9.17) is 29.2 Å². The molecule has 4 N–H and O–H groups in total. The van der Waals surface area contributed by atoms with Crippen molar-refractivity contribution in [2.75, 3.05) is 79.0 Å². The number of nitrogens with two attached hydrogens (primary N) is 1. The first-order valence-corrected chi connectivity index (χ1v) is 34.5. The third-order valence-corrected chi connectivity index (χ3v) is 21.6. The summed E-state index contributed by atoms with van der Waals surface area (Å²) < 4.78 is 54.1. The van der Waals surface area contributed by atoms with Crippen LogP contribution in [0, 0.1) is 23.2 Å². The number of fused-ring (bicyclic) bond motifs is 2. The molecular formula is C64H82N12O11S2. The molecule has 3 aromatic heterocycles. The summed E-state index contributed by atoms with van der Waals surface area (Å²) in [7, 11) is -2.74. The number of phenolic OH excluding ortho intramolecular Hbond substituents is 1.